The van der Waals surface area contributed by atoms with Crippen molar-refractivity contribution in [1.29, 1.82) is 0 Å². The molecule has 2 atom stereocenters. The number of ketones is 1. The van der Waals surface area contributed by atoms with E-state index in [-0.39, 0.29) is 41.1 Å². The number of Topliss-reactive ketones (excluding diaryl/α,β-unsaturated/α-hetero) is 1. The summed E-state index contributed by atoms with van der Waals surface area (Å²) in [6, 6.07) is 9.04. The molecule has 12 heteroatoms. The first-order valence-corrected chi connectivity index (χ1v) is 20.1. The normalized spacial score (nSPS) is 16.9. The monoisotopic (exact) mass is 771 g/mol. The Morgan fingerprint density at radius 1 is 0.849 bits per heavy atom. The predicted molar refractivity (Wildman–Crippen MR) is 207 cm³/mol. The van der Waals surface area contributed by atoms with Gasteiger partial charge in [0, 0.05) is 12.0 Å². The second-order valence-corrected chi connectivity index (χ2v) is 15.0. The van der Waals surface area contributed by atoms with Crippen LogP contribution in [0.3, 0.4) is 0 Å². The van der Waals surface area contributed by atoms with Crippen LogP contribution >= 0.6 is 23.2 Å². The summed E-state index contributed by atoms with van der Waals surface area (Å²) in [5, 5.41) is 2.65. The molecule has 1 aliphatic heterocycles. The van der Waals surface area contributed by atoms with Gasteiger partial charge in [-0.25, -0.2) is 14.5 Å². The zero-order valence-corrected chi connectivity index (χ0v) is 32.9. The van der Waals surface area contributed by atoms with Crippen LogP contribution in [0.2, 0.25) is 10.0 Å². The number of unbranched alkanes of at least 4 members (excludes halogenated alkanes) is 11. The Bertz CT molecular complexity index is 1570. The van der Waals surface area contributed by atoms with Crippen molar-refractivity contribution in [1.82, 2.24) is 9.80 Å². The average Bonchev–Trinajstić information content (AvgIpc) is 3.92. The Morgan fingerprint density at radius 2 is 1.45 bits per heavy atom. The summed E-state index contributed by atoms with van der Waals surface area (Å²) in [5.74, 6) is -2.96. The van der Waals surface area contributed by atoms with E-state index in [1.54, 1.807) is 19.1 Å². The van der Waals surface area contributed by atoms with Gasteiger partial charge in [0.2, 0.25) is 6.23 Å². The van der Waals surface area contributed by atoms with E-state index in [0.29, 0.717) is 30.6 Å². The summed E-state index contributed by atoms with van der Waals surface area (Å²) in [4.78, 5) is 71.1. The maximum Gasteiger partial charge on any atom is 0.339 e. The number of hydrogen-bond donors (Lipinski definition) is 1. The lowest BCUT2D eigenvalue weighted by molar-refractivity contribution is -0.149. The summed E-state index contributed by atoms with van der Waals surface area (Å²) in [6.45, 7) is 6.12. The lowest BCUT2D eigenvalue weighted by atomic mass is 9.91. The molecule has 1 saturated carbocycles. The highest BCUT2D eigenvalue weighted by molar-refractivity contribution is 6.38. The molecule has 2 unspecified atom stereocenters. The summed E-state index contributed by atoms with van der Waals surface area (Å²) in [7, 11) is 0. The molecule has 10 nitrogen and oxygen atoms in total. The molecule has 1 heterocycles. The Hall–Kier alpha value is -3.47. The summed E-state index contributed by atoms with van der Waals surface area (Å²) >= 11 is 12.9. The fraction of sp³-hybridized carbons (Fsp3) is 0.585. The highest BCUT2D eigenvalue weighted by atomic mass is 35.5. The molecule has 290 valence electrons. The second-order valence-electron chi connectivity index (χ2n) is 14.1. The van der Waals surface area contributed by atoms with Crippen LogP contribution in [-0.4, -0.2) is 64.9 Å². The van der Waals surface area contributed by atoms with Gasteiger partial charge in [0.15, 0.2) is 11.8 Å². The molecule has 1 saturated heterocycles. The van der Waals surface area contributed by atoms with E-state index in [2.05, 4.69) is 12.2 Å². The summed E-state index contributed by atoms with van der Waals surface area (Å²) < 4.78 is 11.2. The molecule has 1 N–H and O–H groups in total. The van der Waals surface area contributed by atoms with Crippen molar-refractivity contribution in [3.05, 3.63) is 63.6 Å². The Kier molecular flexibility index (Phi) is 16.6. The van der Waals surface area contributed by atoms with E-state index in [1.807, 2.05) is 25.1 Å². The third kappa shape index (κ3) is 11.3. The van der Waals surface area contributed by atoms with Crippen molar-refractivity contribution < 1.29 is 33.4 Å². The fourth-order valence-corrected chi connectivity index (χ4v) is 7.34. The van der Waals surface area contributed by atoms with E-state index >= 15 is 0 Å². The van der Waals surface area contributed by atoms with Crippen LogP contribution < -0.4 is 5.32 Å². The number of imide groups is 1. The molecule has 0 spiro atoms. The summed E-state index contributed by atoms with van der Waals surface area (Å²) in [5.41, 5.74) is -0.132. The molecule has 4 amide bonds. The minimum Gasteiger partial charge on any atom is -0.462 e. The Morgan fingerprint density at radius 3 is 2.02 bits per heavy atom. The van der Waals surface area contributed by atoms with Gasteiger partial charge >= 0.3 is 12.0 Å². The number of nitrogens with one attached hydrogen (secondary N) is 1. The molecule has 2 aromatic carbocycles. The number of hydrogen-bond acceptors (Lipinski definition) is 7. The molecular formula is C41H55Cl2N3O7. The van der Waals surface area contributed by atoms with Crippen LogP contribution in [0.5, 0.6) is 0 Å². The third-order valence-corrected chi connectivity index (χ3v) is 10.9. The number of benzene rings is 2. The quantitative estimate of drug-likeness (QED) is 0.0488. The smallest absolute Gasteiger partial charge is 0.339 e. The van der Waals surface area contributed by atoms with Gasteiger partial charge in [0.25, 0.3) is 11.8 Å². The van der Waals surface area contributed by atoms with Gasteiger partial charge in [-0.1, -0.05) is 138 Å². The zero-order valence-electron chi connectivity index (χ0n) is 31.4. The molecule has 2 fully saturated rings. The maximum atomic E-state index is 14.1. The van der Waals surface area contributed by atoms with E-state index in [0.717, 1.165) is 24.8 Å². The predicted octanol–water partition coefficient (Wildman–Crippen LogP) is 9.74. The van der Waals surface area contributed by atoms with Crippen molar-refractivity contribution in [3.63, 3.8) is 0 Å². The lowest BCUT2D eigenvalue weighted by Crippen LogP contribution is -2.54. The van der Waals surface area contributed by atoms with E-state index < -0.39 is 47.3 Å². The Balaban J connectivity index is 1.41. The topological polar surface area (TPSA) is 122 Å². The largest absolute Gasteiger partial charge is 0.462 e. The molecule has 0 bridgehead atoms. The van der Waals surface area contributed by atoms with Crippen LogP contribution in [0, 0.1) is 5.41 Å². The number of halogens is 2. The number of carbonyl (C=O) groups is 5. The first kappa shape index (κ1) is 42.3. The maximum absolute atomic E-state index is 14.1. The van der Waals surface area contributed by atoms with Crippen LogP contribution in [0.15, 0.2) is 42.5 Å². The van der Waals surface area contributed by atoms with Crippen molar-refractivity contribution in [2.45, 2.75) is 136 Å². The number of esters is 1. The number of anilines is 1. The van der Waals surface area contributed by atoms with Gasteiger partial charge in [-0.2, -0.15) is 0 Å². The van der Waals surface area contributed by atoms with Gasteiger partial charge in [-0.05, 0) is 50.3 Å². The third-order valence-electron chi connectivity index (χ3n) is 10.3. The van der Waals surface area contributed by atoms with Gasteiger partial charge in [0.1, 0.15) is 0 Å². The summed E-state index contributed by atoms with van der Waals surface area (Å²) in [6.07, 6.45) is 14.4. The molecule has 0 aromatic heterocycles. The van der Waals surface area contributed by atoms with E-state index in [4.69, 9.17) is 32.7 Å². The van der Waals surface area contributed by atoms with Gasteiger partial charge in [0.05, 0.1) is 34.4 Å². The molecular weight excluding hydrogens is 717 g/mol. The number of urea groups is 1. The highest BCUT2D eigenvalue weighted by Crippen LogP contribution is 2.51. The minimum absolute atomic E-state index is 0.000608. The number of nitrogens with zero attached hydrogens (tertiary/aromatic N) is 2. The van der Waals surface area contributed by atoms with Crippen LogP contribution in [0.1, 0.15) is 133 Å². The van der Waals surface area contributed by atoms with Gasteiger partial charge in [-0.15, -0.1) is 0 Å². The van der Waals surface area contributed by atoms with Crippen LogP contribution in [0.4, 0.5) is 10.5 Å². The SMILES string of the molecule is CCCCCCCCCCCCCCOC(=O)c1cc(NC(=O)C(C(=O)C2(CC)CC2)N2C(=O)C(OCC)N(Cc3ccccc3)C2=O)c(Cl)cc1Cl. The van der Waals surface area contributed by atoms with Crippen LogP contribution in [0.25, 0.3) is 0 Å². The molecule has 53 heavy (non-hydrogen) atoms. The van der Waals surface area contributed by atoms with E-state index in [1.165, 1.54) is 68.4 Å². The molecule has 4 rings (SSSR count). The van der Waals surface area contributed by atoms with Gasteiger partial charge in [-0.3, -0.25) is 19.3 Å². The lowest BCUT2D eigenvalue weighted by Gasteiger charge is -2.27. The highest BCUT2D eigenvalue weighted by Gasteiger charge is 2.59. The first-order valence-electron chi connectivity index (χ1n) is 19.4. The number of carbonyl (C=O) groups excluding carboxylic acids is 5. The minimum atomic E-state index is -1.80. The number of amides is 4. The van der Waals surface area contributed by atoms with Crippen LogP contribution in [-0.2, 0) is 30.4 Å². The first-order chi connectivity index (χ1) is 25.6. The van der Waals surface area contributed by atoms with Gasteiger partial charge < -0.3 is 14.8 Å². The standard InChI is InChI=1S/C41H55Cl2N3O7/c1-4-7-8-9-10-11-12-13-14-15-16-20-25-53-39(50)30-26-33(32(43)27-31(30)42)44-36(48)34(35(47)41(5-2)23-24-41)46-37(49)38(52-6-3)45(40(46)51)28-29-21-18-17-19-22-29/h17-19,21-22,26-27,34,38H,4-16,20,23-25,28H2,1-3H3,(H,44,48). The number of ether oxygens (including phenoxy) is 2. The Labute approximate surface area is 324 Å². The average molecular weight is 773 g/mol. The second kappa shape index (κ2) is 20.8. The zero-order chi connectivity index (χ0) is 38.4. The molecule has 0 radical (unpaired) electrons. The number of rotatable bonds is 24. The van der Waals surface area contributed by atoms with Crippen molar-refractivity contribution in [2.24, 2.45) is 5.41 Å². The molecule has 2 aromatic rings. The molecule has 2 aliphatic rings. The van der Waals surface area contributed by atoms with E-state index in [9.17, 15) is 24.0 Å². The fourth-order valence-electron chi connectivity index (χ4n) is 6.83. The van der Waals surface area contributed by atoms with Crippen molar-refractivity contribution in [2.75, 3.05) is 18.5 Å². The van der Waals surface area contributed by atoms with Crippen molar-refractivity contribution in [3.8, 4) is 0 Å². The molecule has 1 aliphatic carbocycles. The van der Waals surface area contributed by atoms with Crippen molar-refractivity contribution >= 4 is 58.5 Å².